The molecule has 3 N–H and O–H groups in total. The van der Waals surface area contributed by atoms with Crippen LogP contribution in [0.25, 0.3) is 0 Å². The Morgan fingerprint density at radius 1 is 1.03 bits per heavy atom. The number of benzene rings is 1. The molecule has 0 bridgehead atoms. The molecule has 3 aliphatic rings. The van der Waals surface area contributed by atoms with Crippen molar-refractivity contribution in [3.8, 4) is 0 Å². The Balaban J connectivity index is 1.59. The van der Waals surface area contributed by atoms with E-state index in [2.05, 4.69) is 15.4 Å². The first-order valence-corrected chi connectivity index (χ1v) is 11.5. The number of fused-ring (bicyclic) bond motifs is 1. The summed E-state index contributed by atoms with van der Waals surface area (Å²) in [6.07, 6.45) is 2.66. The molecule has 3 aliphatic heterocycles. The van der Waals surface area contributed by atoms with Crippen molar-refractivity contribution in [2.75, 3.05) is 13.1 Å². The van der Waals surface area contributed by atoms with Crippen LogP contribution >= 0.6 is 0 Å². The van der Waals surface area contributed by atoms with E-state index in [4.69, 9.17) is 0 Å². The number of esters is 1. The first kappa shape index (κ1) is 24.4. The van der Waals surface area contributed by atoms with Gasteiger partial charge in [-0.05, 0) is 25.0 Å². The fourth-order valence-electron chi connectivity index (χ4n) is 4.62. The Labute approximate surface area is 202 Å². The molecule has 2 saturated heterocycles. The molecule has 4 rings (SSSR count). The molecule has 0 radical (unpaired) electrons. The normalized spacial score (nSPS) is 28.5. The topological polar surface area (TPSA) is 145 Å². The highest BCUT2D eigenvalue weighted by Crippen LogP contribution is 2.24. The molecule has 1 aromatic rings. The number of hydrogen-bond donors (Lipinski definition) is 3. The van der Waals surface area contributed by atoms with Gasteiger partial charge in [0.25, 0.3) is 5.91 Å². The molecule has 0 aliphatic carbocycles. The summed E-state index contributed by atoms with van der Waals surface area (Å²) in [6, 6.07) is 5.06. The van der Waals surface area contributed by atoms with Gasteiger partial charge in [0, 0.05) is 19.0 Å². The van der Waals surface area contributed by atoms with E-state index in [0.717, 1.165) is 0 Å². The van der Waals surface area contributed by atoms with Gasteiger partial charge in [-0.1, -0.05) is 30.4 Å². The number of carbonyl (C=O) groups is 5. The quantitative estimate of drug-likeness (QED) is 0.379. The SMILES string of the molecule is CC(=O)N1C[C@@H]2CC=CC[C@H](NC(=O)c3ccccc3)C(=O)N2[C@H](C(=O)NC2CC(=O)OC2O)C1. The highest BCUT2D eigenvalue weighted by atomic mass is 16.6. The third kappa shape index (κ3) is 5.35. The van der Waals surface area contributed by atoms with Gasteiger partial charge in [0.15, 0.2) is 0 Å². The van der Waals surface area contributed by atoms with Crippen molar-refractivity contribution < 1.29 is 33.8 Å². The zero-order chi connectivity index (χ0) is 25.1. The van der Waals surface area contributed by atoms with Crippen molar-refractivity contribution in [1.82, 2.24) is 20.4 Å². The maximum atomic E-state index is 13.7. The van der Waals surface area contributed by atoms with E-state index in [0.29, 0.717) is 12.0 Å². The molecular formula is C24H28N4O7. The molecule has 5 atom stereocenters. The van der Waals surface area contributed by atoms with Gasteiger partial charge in [-0.25, -0.2) is 0 Å². The first-order chi connectivity index (χ1) is 16.7. The number of nitrogens with one attached hydrogen (secondary N) is 2. The molecule has 0 saturated carbocycles. The first-order valence-electron chi connectivity index (χ1n) is 11.5. The molecule has 3 heterocycles. The Hall–Kier alpha value is -3.73. The molecule has 1 aromatic carbocycles. The Bertz CT molecular complexity index is 1040. The van der Waals surface area contributed by atoms with Gasteiger partial charge in [-0.3, -0.25) is 24.0 Å². The highest BCUT2D eigenvalue weighted by Gasteiger charge is 2.45. The maximum Gasteiger partial charge on any atom is 0.310 e. The summed E-state index contributed by atoms with van der Waals surface area (Å²) >= 11 is 0. The number of aliphatic hydroxyl groups excluding tert-OH is 1. The second-order valence-corrected chi connectivity index (χ2v) is 8.87. The van der Waals surface area contributed by atoms with Gasteiger partial charge in [0.2, 0.25) is 24.0 Å². The van der Waals surface area contributed by atoms with Crippen LogP contribution in [0.1, 0.15) is 36.5 Å². The lowest BCUT2D eigenvalue weighted by Gasteiger charge is -2.47. The molecule has 0 spiro atoms. The van der Waals surface area contributed by atoms with Crippen LogP contribution in [0.3, 0.4) is 0 Å². The number of carbonyl (C=O) groups excluding carboxylic acids is 5. The van der Waals surface area contributed by atoms with Crippen LogP contribution in [0, 0.1) is 0 Å². The van der Waals surface area contributed by atoms with E-state index < -0.39 is 54.1 Å². The summed E-state index contributed by atoms with van der Waals surface area (Å²) in [5.41, 5.74) is 0.401. The minimum atomic E-state index is -1.49. The van der Waals surface area contributed by atoms with E-state index in [1.807, 2.05) is 12.2 Å². The molecule has 2 unspecified atom stereocenters. The van der Waals surface area contributed by atoms with Gasteiger partial charge in [0.05, 0.1) is 19.0 Å². The van der Waals surface area contributed by atoms with Crippen LogP contribution in [-0.4, -0.2) is 88.1 Å². The van der Waals surface area contributed by atoms with Gasteiger partial charge in [-0.15, -0.1) is 0 Å². The number of hydrogen-bond acceptors (Lipinski definition) is 7. The number of aliphatic hydroxyl groups is 1. The Kier molecular flexibility index (Phi) is 7.15. The molecule has 11 heteroatoms. The molecular weight excluding hydrogens is 456 g/mol. The van der Waals surface area contributed by atoms with E-state index in [-0.39, 0.29) is 31.8 Å². The smallest absolute Gasteiger partial charge is 0.310 e. The number of piperazine rings is 1. The zero-order valence-electron chi connectivity index (χ0n) is 19.3. The molecule has 4 amide bonds. The minimum Gasteiger partial charge on any atom is -0.434 e. The molecule has 35 heavy (non-hydrogen) atoms. The lowest BCUT2D eigenvalue weighted by atomic mass is 9.96. The maximum absolute atomic E-state index is 13.7. The van der Waals surface area contributed by atoms with Crippen molar-refractivity contribution >= 4 is 29.6 Å². The number of ether oxygens (including phenoxy) is 1. The van der Waals surface area contributed by atoms with Crippen LogP contribution in [0.5, 0.6) is 0 Å². The lowest BCUT2D eigenvalue weighted by Crippen LogP contribution is -2.68. The molecule has 0 aromatic heterocycles. The number of rotatable bonds is 4. The van der Waals surface area contributed by atoms with Crippen LogP contribution in [0.4, 0.5) is 0 Å². The second-order valence-electron chi connectivity index (χ2n) is 8.87. The zero-order valence-corrected chi connectivity index (χ0v) is 19.3. The number of nitrogens with zero attached hydrogens (tertiary/aromatic N) is 2. The summed E-state index contributed by atoms with van der Waals surface area (Å²) in [5.74, 6) is -2.36. The summed E-state index contributed by atoms with van der Waals surface area (Å²) < 4.78 is 4.69. The number of amides is 4. The lowest BCUT2D eigenvalue weighted by molar-refractivity contribution is -0.157. The standard InChI is InChI=1S/C24H28N4O7/c1-14(29)27-12-16-9-5-6-10-17(25-21(31)15-7-3-2-4-8-15)23(33)28(16)19(13-27)22(32)26-18-11-20(30)35-24(18)34/h2-8,16-19,24,34H,9-13H2,1H3,(H,25,31)(H,26,32)/t16-,17-,18?,19-,24?/m0/s1. The molecule has 2 fully saturated rings. The third-order valence-electron chi connectivity index (χ3n) is 6.45. The number of cyclic esters (lactones) is 1. The van der Waals surface area contributed by atoms with Crippen molar-refractivity contribution in [3.63, 3.8) is 0 Å². The second kappa shape index (κ2) is 10.3. The predicted molar refractivity (Wildman–Crippen MR) is 121 cm³/mol. The van der Waals surface area contributed by atoms with E-state index in [9.17, 15) is 29.1 Å². The molecule has 11 nitrogen and oxygen atoms in total. The van der Waals surface area contributed by atoms with Gasteiger partial charge < -0.3 is 30.3 Å². The fourth-order valence-corrected chi connectivity index (χ4v) is 4.62. The Morgan fingerprint density at radius 2 is 1.74 bits per heavy atom. The van der Waals surface area contributed by atoms with Crippen molar-refractivity contribution in [1.29, 1.82) is 0 Å². The summed E-state index contributed by atoms with van der Waals surface area (Å²) in [7, 11) is 0. The van der Waals surface area contributed by atoms with Gasteiger partial charge >= 0.3 is 5.97 Å². The summed E-state index contributed by atoms with van der Waals surface area (Å²) in [6.45, 7) is 1.58. The van der Waals surface area contributed by atoms with Crippen LogP contribution in [0.15, 0.2) is 42.5 Å². The van der Waals surface area contributed by atoms with Crippen molar-refractivity contribution in [2.45, 2.75) is 56.6 Å². The van der Waals surface area contributed by atoms with E-state index in [1.54, 1.807) is 30.3 Å². The summed E-state index contributed by atoms with van der Waals surface area (Å²) in [4.78, 5) is 66.4. The van der Waals surface area contributed by atoms with Crippen LogP contribution < -0.4 is 10.6 Å². The third-order valence-corrected chi connectivity index (χ3v) is 6.45. The largest absolute Gasteiger partial charge is 0.434 e. The Morgan fingerprint density at radius 3 is 2.40 bits per heavy atom. The van der Waals surface area contributed by atoms with E-state index in [1.165, 1.54) is 16.7 Å². The fraction of sp³-hybridized carbons (Fsp3) is 0.458. The monoisotopic (exact) mass is 484 g/mol. The van der Waals surface area contributed by atoms with E-state index >= 15 is 0 Å². The van der Waals surface area contributed by atoms with Crippen LogP contribution in [0.2, 0.25) is 0 Å². The summed E-state index contributed by atoms with van der Waals surface area (Å²) in [5, 5.41) is 15.3. The van der Waals surface area contributed by atoms with Gasteiger partial charge in [0.1, 0.15) is 18.1 Å². The average molecular weight is 485 g/mol. The van der Waals surface area contributed by atoms with Crippen LogP contribution in [-0.2, 0) is 23.9 Å². The van der Waals surface area contributed by atoms with Gasteiger partial charge in [-0.2, -0.15) is 0 Å². The van der Waals surface area contributed by atoms with Crippen molar-refractivity contribution in [2.24, 2.45) is 0 Å². The highest BCUT2D eigenvalue weighted by molar-refractivity contribution is 5.99. The van der Waals surface area contributed by atoms with Crippen molar-refractivity contribution in [3.05, 3.63) is 48.0 Å². The average Bonchev–Trinajstić information content (AvgIpc) is 3.15. The predicted octanol–water partition coefficient (Wildman–Crippen LogP) is -0.687. The minimum absolute atomic E-state index is 0.0515. The molecule has 186 valence electrons.